The van der Waals surface area contributed by atoms with E-state index < -0.39 is 11.2 Å². The summed E-state index contributed by atoms with van der Waals surface area (Å²) in [6.45, 7) is 5.92. The lowest BCUT2D eigenvalue weighted by atomic mass is 10.1. The van der Waals surface area contributed by atoms with Crippen LogP contribution in [-0.4, -0.2) is 38.3 Å². The maximum atomic E-state index is 12.5. The third-order valence-corrected chi connectivity index (χ3v) is 4.24. The number of aromatic amines is 1. The molecule has 0 amide bonds. The number of allylic oxidation sites excluding steroid dienone is 2. The quantitative estimate of drug-likeness (QED) is 0.513. The van der Waals surface area contributed by atoms with Gasteiger partial charge in [-0.3, -0.25) is 9.78 Å². The topological polar surface area (TPSA) is 128 Å². The van der Waals surface area contributed by atoms with Crippen molar-refractivity contribution in [2.24, 2.45) is 5.73 Å². The lowest BCUT2D eigenvalue weighted by molar-refractivity contribution is 0.495. The largest absolute Gasteiger partial charge is 0.348 e. The van der Waals surface area contributed by atoms with Crippen molar-refractivity contribution < 1.29 is 0 Å². The number of fused-ring (bicyclic) bond motifs is 1. The van der Waals surface area contributed by atoms with Crippen molar-refractivity contribution in [2.75, 3.05) is 23.8 Å². The van der Waals surface area contributed by atoms with E-state index in [1.807, 2.05) is 19.9 Å². The van der Waals surface area contributed by atoms with E-state index in [2.05, 4.69) is 14.9 Å². The van der Waals surface area contributed by atoms with Crippen LogP contribution in [0.1, 0.15) is 26.7 Å². The number of hydrogen-bond acceptors (Lipinski definition) is 6. The fourth-order valence-electron chi connectivity index (χ4n) is 2.99. The first-order chi connectivity index (χ1) is 11.4. The Morgan fingerprint density at radius 2 is 2.17 bits per heavy atom. The molecular weight excluding hydrogens is 310 g/mol. The molecule has 0 bridgehead atoms. The number of aromatic nitrogens is 4. The standard InChI is InChI=1S/C15H23N7O2/c1-9(2)5-7-21-11-12(19-15(24)22(17)13(11)23)18-14(21)20-6-3-4-10(16)8-20/h5,10H,3-4,6-8,16-17H2,1-2H3,(H,19,24). The molecule has 2 aromatic rings. The minimum atomic E-state index is -0.679. The van der Waals surface area contributed by atoms with Crippen molar-refractivity contribution in [3.05, 3.63) is 32.5 Å². The summed E-state index contributed by atoms with van der Waals surface area (Å²) in [6, 6.07) is 0.0701. The van der Waals surface area contributed by atoms with E-state index in [4.69, 9.17) is 11.6 Å². The molecule has 24 heavy (non-hydrogen) atoms. The summed E-state index contributed by atoms with van der Waals surface area (Å²) in [7, 11) is 0. The molecule has 0 aromatic carbocycles. The van der Waals surface area contributed by atoms with Gasteiger partial charge in [-0.15, -0.1) is 0 Å². The second kappa shape index (κ2) is 6.16. The molecule has 130 valence electrons. The molecule has 1 saturated heterocycles. The summed E-state index contributed by atoms with van der Waals surface area (Å²) in [5, 5.41) is 0. The van der Waals surface area contributed by atoms with Crippen LogP contribution in [0.4, 0.5) is 5.95 Å². The molecule has 3 heterocycles. The lowest BCUT2D eigenvalue weighted by Crippen LogP contribution is -2.44. The van der Waals surface area contributed by atoms with Crippen molar-refractivity contribution in [3.8, 4) is 0 Å². The molecule has 2 aromatic heterocycles. The highest BCUT2D eigenvalue weighted by Crippen LogP contribution is 2.22. The van der Waals surface area contributed by atoms with Crippen LogP contribution >= 0.6 is 0 Å². The summed E-state index contributed by atoms with van der Waals surface area (Å²) in [4.78, 5) is 33.3. The zero-order valence-electron chi connectivity index (χ0n) is 14.0. The number of nitrogens with two attached hydrogens (primary N) is 2. The molecule has 0 radical (unpaired) electrons. The van der Waals surface area contributed by atoms with Crippen LogP contribution in [0.5, 0.6) is 0 Å². The van der Waals surface area contributed by atoms with Crippen LogP contribution in [0.2, 0.25) is 0 Å². The molecule has 0 spiro atoms. The highest BCUT2D eigenvalue weighted by Gasteiger charge is 2.24. The third kappa shape index (κ3) is 2.82. The van der Waals surface area contributed by atoms with Crippen molar-refractivity contribution in [2.45, 2.75) is 39.3 Å². The highest BCUT2D eigenvalue weighted by atomic mass is 16.2. The molecule has 0 aliphatic carbocycles. The van der Waals surface area contributed by atoms with E-state index in [1.54, 1.807) is 4.57 Å². The number of rotatable bonds is 3. The second-order valence-corrected chi connectivity index (χ2v) is 6.45. The van der Waals surface area contributed by atoms with Crippen LogP contribution in [0.15, 0.2) is 21.2 Å². The van der Waals surface area contributed by atoms with Gasteiger partial charge in [-0.05, 0) is 26.7 Å². The molecule has 1 atom stereocenters. The minimum Gasteiger partial charge on any atom is -0.341 e. The van der Waals surface area contributed by atoms with Gasteiger partial charge in [0.25, 0.3) is 0 Å². The van der Waals surface area contributed by atoms with Gasteiger partial charge < -0.3 is 21.0 Å². The summed E-state index contributed by atoms with van der Waals surface area (Å²) in [5.41, 5.74) is 6.50. The second-order valence-electron chi connectivity index (χ2n) is 6.45. The number of nitrogens with zero attached hydrogens (tertiary/aromatic N) is 4. The normalized spacial score (nSPS) is 18.1. The van der Waals surface area contributed by atoms with E-state index in [1.165, 1.54) is 0 Å². The Hall–Kier alpha value is -2.55. The molecule has 1 aliphatic rings. The van der Waals surface area contributed by atoms with Crippen LogP contribution in [0.25, 0.3) is 11.2 Å². The molecule has 1 aliphatic heterocycles. The average Bonchev–Trinajstić information content (AvgIpc) is 2.89. The molecule has 1 fully saturated rings. The Kier molecular flexibility index (Phi) is 4.18. The summed E-state index contributed by atoms with van der Waals surface area (Å²) in [6.07, 6.45) is 3.93. The first-order valence-corrected chi connectivity index (χ1v) is 8.03. The summed E-state index contributed by atoms with van der Waals surface area (Å²) >= 11 is 0. The molecule has 9 heteroatoms. The van der Waals surface area contributed by atoms with Crippen molar-refractivity contribution in [1.29, 1.82) is 0 Å². The van der Waals surface area contributed by atoms with Crippen LogP contribution in [0, 0.1) is 0 Å². The van der Waals surface area contributed by atoms with Gasteiger partial charge in [-0.2, -0.15) is 9.66 Å². The fraction of sp³-hybridized carbons (Fsp3) is 0.533. The minimum absolute atomic E-state index is 0.0701. The van der Waals surface area contributed by atoms with E-state index >= 15 is 0 Å². The predicted molar refractivity (Wildman–Crippen MR) is 93.6 cm³/mol. The first-order valence-electron chi connectivity index (χ1n) is 8.03. The zero-order chi connectivity index (χ0) is 17.4. The number of anilines is 1. The molecular formula is C15H23N7O2. The van der Waals surface area contributed by atoms with Crippen molar-refractivity contribution in [1.82, 2.24) is 19.2 Å². The van der Waals surface area contributed by atoms with Gasteiger partial charge in [0.15, 0.2) is 11.2 Å². The number of nitrogen functional groups attached to an aromatic ring is 1. The molecule has 5 N–H and O–H groups in total. The lowest BCUT2D eigenvalue weighted by Gasteiger charge is -2.31. The number of hydrogen-bond donors (Lipinski definition) is 3. The smallest absolute Gasteiger partial charge is 0.341 e. The highest BCUT2D eigenvalue weighted by molar-refractivity contribution is 5.74. The van der Waals surface area contributed by atoms with Gasteiger partial charge in [0.2, 0.25) is 5.95 Å². The van der Waals surface area contributed by atoms with Crippen LogP contribution < -0.4 is 27.7 Å². The Bertz CT molecular complexity index is 901. The molecule has 3 rings (SSSR count). The maximum absolute atomic E-state index is 12.5. The van der Waals surface area contributed by atoms with Gasteiger partial charge in [0, 0.05) is 25.7 Å². The van der Waals surface area contributed by atoms with Gasteiger partial charge in [-0.1, -0.05) is 11.6 Å². The average molecular weight is 333 g/mol. The van der Waals surface area contributed by atoms with E-state index in [9.17, 15) is 9.59 Å². The molecule has 1 unspecified atom stereocenters. The van der Waals surface area contributed by atoms with E-state index in [-0.39, 0.29) is 11.7 Å². The van der Waals surface area contributed by atoms with Gasteiger partial charge in [0.1, 0.15) is 0 Å². The summed E-state index contributed by atoms with van der Waals surface area (Å²) < 4.78 is 2.37. The third-order valence-electron chi connectivity index (χ3n) is 4.24. The summed E-state index contributed by atoms with van der Waals surface area (Å²) in [5.74, 6) is 6.19. The van der Waals surface area contributed by atoms with Gasteiger partial charge in [0.05, 0.1) is 0 Å². The fourth-order valence-corrected chi connectivity index (χ4v) is 2.99. The van der Waals surface area contributed by atoms with E-state index in [0.29, 0.717) is 29.2 Å². The Balaban J connectivity index is 2.22. The predicted octanol–water partition coefficient (Wildman–Crippen LogP) is -0.506. The number of nitrogens with one attached hydrogen (secondary N) is 1. The Morgan fingerprint density at radius 3 is 2.83 bits per heavy atom. The number of H-pyrrole nitrogens is 1. The Labute approximate surface area is 138 Å². The van der Waals surface area contributed by atoms with Crippen molar-refractivity contribution in [3.63, 3.8) is 0 Å². The maximum Gasteiger partial charge on any atom is 0.348 e. The van der Waals surface area contributed by atoms with Crippen LogP contribution in [-0.2, 0) is 6.54 Å². The Morgan fingerprint density at radius 1 is 1.42 bits per heavy atom. The van der Waals surface area contributed by atoms with Gasteiger partial charge in [-0.25, -0.2) is 4.79 Å². The van der Waals surface area contributed by atoms with E-state index in [0.717, 1.165) is 25.0 Å². The molecule has 9 nitrogen and oxygen atoms in total. The zero-order valence-corrected chi connectivity index (χ0v) is 14.0. The SMILES string of the molecule is CC(C)=CCn1c(N2CCCC(N)C2)nc2[nH]c(=O)n(N)c(=O)c21. The number of piperidine rings is 1. The number of imidazole rings is 1. The molecule has 0 saturated carbocycles. The first kappa shape index (κ1) is 16.3. The van der Waals surface area contributed by atoms with Crippen molar-refractivity contribution >= 4 is 17.1 Å². The van der Waals surface area contributed by atoms with Gasteiger partial charge >= 0.3 is 11.2 Å². The monoisotopic (exact) mass is 333 g/mol. The van der Waals surface area contributed by atoms with Crippen LogP contribution in [0.3, 0.4) is 0 Å².